The Morgan fingerprint density at radius 2 is 1.97 bits per heavy atom. The molecule has 152 valence electrons. The molecule has 1 amide bonds. The van der Waals surface area contributed by atoms with Gasteiger partial charge < -0.3 is 4.74 Å². The molecule has 0 aliphatic carbocycles. The molecule has 0 aliphatic rings. The van der Waals surface area contributed by atoms with Crippen molar-refractivity contribution in [3.05, 3.63) is 69.9 Å². The number of aromatic nitrogens is 4. The van der Waals surface area contributed by atoms with Crippen LogP contribution in [0.3, 0.4) is 0 Å². The van der Waals surface area contributed by atoms with E-state index < -0.39 is 5.91 Å². The summed E-state index contributed by atoms with van der Waals surface area (Å²) in [5.41, 5.74) is 3.44. The highest BCUT2D eigenvalue weighted by atomic mass is 35.5. The molecule has 1 N–H and O–H groups in total. The van der Waals surface area contributed by atoms with Crippen LogP contribution in [0.2, 0.25) is 5.02 Å². The maximum atomic E-state index is 12.8. The number of nitrogens with one attached hydrogen (secondary N) is 1. The van der Waals surface area contributed by atoms with Crippen LogP contribution in [0.4, 0.5) is 5.13 Å². The Morgan fingerprint density at radius 3 is 2.70 bits per heavy atom. The summed E-state index contributed by atoms with van der Waals surface area (Å²) in [5.74, 6) is 0.788. The van der Waals surface area contributed by atoms with Gasteiger partial charge in [-0.2, -0.15) is 5.10 Å². The first-order valence-electron chi connectivity index (χ1n) is 9.06. The van der Waals surface area contributed by atoms with Crippen LogP contribution in [-0.2, 0) is 0 Å². The molecule has 4 rings (SSSR count). The van der Waals surface area contributed by atoms with Crippen LogP contribution in [0.15, 0.2) is 47.8 Å². The largest absolute Gasteiger partial charge is 0.496 e. The van der Waals surface area contributed by atoms with Gasteiger partial charge in [0.2, 0.25) is 0 Å². The smallest absolute Gasteiger partial charge is 0.277 e. The molecule has 1 aromatic carbocycles. The van der Waals surface area contributed by atoms with E-state index in [2.05, 4.69) is 20.4 Å². The number of aryl methyl sites for hydroxylation is 2. The third kappa shape index (κ3) is 3.92. The summed E-state index contributed by atoms with van der Waals surface area (Å²) in [5, 5.41) is 9.73. The van der Waals surface area contributed by atoms with Crippen molar-refractivity contribution >= 4 is 34.0 Å². The van der Waals surface area contributed by atoms with E-state index in [1.165, 1.54) is 11.3 Å². The van der Waals surface area contributed by atoms with Crippen molar-refractivity contribution in [1.29, 1.82) is 0 Å². The van der Waals surface area contributed by atoms with Crippen LogP contribution in [0, 0.1) is 13.8 Å². The van der Waals surface area contributed by atoms with Gasteiger partial charge in [0.15, 0.2) is 10.9 Å². The van der Waals surface area contributed by atoms with Gasteiger partial charge in [-0.15, -0.1) is 11.3 Å². The second-order valence-corrected chi connectivity index (χ2v) is 7.80. The molecular formula is C21H18ClN5O2S. The fraction of sp³-hybridized carbons (Fsp3) is 0.143. The summed E-state index contributed by atoms with van der Waals surface area (Å²) >= 11 is 7.56. The number of hydrogen-bond donors (Lipinski definition) is 1. The van der Waals surface area contributed by atoms with E-state index >= 15 is 0 Å². The Bertz CT molecular complexity index is 1230. The van der Waals surface area contributed by atoms with E-state index in [0.717, 1.165) is 17.0 Å². The zero-order chi connectivity index (χ0) is 21.3. The van der Waals surface area contributed by atoms with E-state index in [9.17, 15) is 4.79 Å². The van der Waals surface area contributed by atoms with E-state index in [1.807, 2.05) is 49.6 Å². The molecule has 0 radical (unpaired) electrons. The van der Waals surface area contributed by atoms with Crippen LogP contribution in [0.1, 0.15) is 21.9 Å². The Hall–Kier alpha value is -3.23. The topological polar surface area (TPSA) is 81.9 Å². The molecule has 7 nitrogen and oxygen atoms in total. The lowest BCUT2D eigenvalue weighted by Crippen LogP contribution is -2.16. The fourth-order valence-corrected chi connectivity index (χ4v) is 3.93. The van der Waals surface area contributed by atoms with E-state index in [1.54, 1.807) is 23.9 Å². The molecule has 9 heteroatoms. The predicted molar refractivity (Wildman–Crippen MR) is 118 cm³/mol. The monoisotopic (exact) mass is 439 g/mol. The minimum Gasteiger partial charge on any atom is -0.496 e. The summed E-state index contributed by atoms with van der Waals surface area (Å²) < 4.78 is 7.06. The van der Waals surface area contributed by atoms with Crippen molar-refractivity contribution < 1.29 is 9.53 Å². The maximum absolute atomic E-state index is 12.8. The number of thiazole rings is 1. The Labute approximate surface area is 182 Å². The molecule has 0 spiro atoms. The Balaban J connectivity index is 1.60. The lowest BCUT2D eigenvalue weighted by Gasteiger charge is -2.08. The minimum atomic E-state index is -0.440. The van der Waals surface area contributed by atoms with Gasteiger partial charge in [-0.3, -0.25) is 10.1 Å². The second kappa shape index (κ2) is 8.25. The number of ether oxygens (including phenoxy) is 1. The molecule has 0 atom stereocenters. The maximum Gasteiger partial charge on any atom is 0.277 e. The first-order chi connectivity index (χ1) is 14.5. The van der Waals surface area contributed by atoms with Crippen LogP contribution in [0.25, 0.3) is 17.1 Å². The predicted octanol–water partition coefficient (Wildman–Crippen LogP) is 4.92. The van der Waals surface area contributed by atoms with Crippen molar-refractivity contribution in [1.82, 2.24) is 19.7 Å². The number of carbonyl (C=O) groups is 1. The molecule has 0 aliphatic heterocycles. The zero-order valence-electron chi connectivity index (χ0n) is 16.5. The molecule has 0 saturated carbocycles. The van der Waals surface area contributed by atoms with Crippen molar-refractivity contribution in [2.45, 2.75) is 13.8 Å². The summed E-state index contributed by atoms with van der Waals surface area (Å²) in [6.45, 7) is 3.82. The summed E-state index contributed by atoms with van der Waals surface area (Å²) in [4.78, 5) is 21.8. The third-order valence-electron chi connectivity index (χ3n) is 4.38. The molecule has 30 heavy (non-hydrogen) atoms. The normalized spacial score (nSPS) is 10.8. The van der Waals surface area contributed by atoms with Crippen molar-refractivity contribution in [2.24, 2.45) is 0 Å². The van der Waals surface area contributed by atoms with Gasteiger partial charge in [0.05, 0.1) is 23.5 Å². The average molecular weight is 440 g/mol. The molecule has 0 saturated heterocycles. The first-order valence-corrected chi connectivity index (χ1v) is 10.3. The Morgan fingerprint density at radius 1 is 1.17 bits per heavy atom. The lowest BCUT2D eigenvalue weighted by atomic mass is 10.1. The fourth-order valence-electron chi connectivity index (χ4n) is 3.04. The molecule has 0 unspecified atom stereocenters. The number of nitrogens with zero attached hydrogens (tertiary/aromatic N) is 4. The SMILES string of the molecule is COc1ccccc1-c1csc(NC(=O)c2nc(-n3nc(C)cc3C)ccc2Cl)n1. The molecular weight excluding hydrogens is 422 g/mol. The highest BCUT2D eigenvalue weighted by molar-refractivity contribution is 7.14. The number of amides is 1. The van der Waals surface area contributed by atoms with Crippen molar-refractivity contribution in [3.63, 3.8) is 0 Å². The number of methoxy groups -OCH3 is 1. The number of anilines is 1. The second-order valence-electron chi connectivity index (χ2n) is 6.53. The lowest BCUT2D eigenvalue weighted by molar-refractivity contribution is 0.102. The molecule has 3 heterocycles. The molecule has 0 fully saturated rings. The van der Waals surface area contributed by atoms with Crippen LogP contribution < -0.4 is 10.1 Å². The summed E-state index contributed by atoms with van der Waals surface area (Å²) in [7, 11) is 1.61. The van der Waals surface area contributed by atoms with E-state index in [-0.39, 0.29) is 10.7 Å². The number of halogens is 1. The standard InChI is InChI=1S/C21H18ClN5O2S/c1-12-10-13(2)27(26-12)18-9-8-15(22)19(24-18)20(28)25-21-23-16(11-30-21)14-6-4-5-7-17(14)29-3/h4-11H,1-3H3,(H,23,25,28). The Kier molecular flexibility index (Phi) is 5.52. The van der Waals surface area contributed by atoms with Gasteiger partial charge in [-0.05, 0) is 44.2 Å². The van der Waals surface area contributed by atoms with E-state index in [0.29, 0.717) is 22.4 Å². The van der Waals surface area contributed by atoms with Crippen LogP contribution in [-0.4, -0.2) is 32.8 Å². The number of pyridine rings is 1. The third-order valence-corrected chi connectivity index (χ3v) is 5.44. The van der Waals surface area contributed by atoms with Gasteiger partial charge in [-0.25, -0.2) is 14.6 Å². The van der Waals surface area contributed by atoms with Crippen LogP contribution >= 0.6 is 22.9 Å². The van der Waals surface area contributed by atoms with Gasteiger partial charge in [-0.1, -0.05) is 23.7 Å². The molecule has 3 aromatic heterocycles. The number of rotatable bonds is 5. The molecule has 4 aromatic rings. The highest BCUT2D eigenvalue weighted by Gasteiger charge is 2.17. The van der Waals surface area contributed by atoms with Crippen molar-refractivity contribution in [2.75, 3.05) is 12.4 Å². The van der Waals surface area contributed by atoms with Gasteiger partial charge in [0.25, 0.3) is 5.91 Å². The number of hydrogen-bond acceptors (Lipinski definition) is 6. The summed E-state index contributed by atoms with van der Waals surface area (Å²) in [6.07, 6.45) is 0. The first kappa shape index (κ1) is 20.1. The van der Waals surface area contributed by atoms with Gasteiger partial charge in [0, 0.05) is 16.6 Å². The van der Waals surface area contributed by atoms with E-state index in [4.69, 9.17) is 16.3 Å². The van der Waals surface area contributed by atoms with Gasteiger partial charge in [0.1, 0.15) is 11.4 Å². The quantitative estimate of drug-likeness (QED) is 0.477. The minimum absolute atomic E-state index is 0.107. The highest BCUT2D eigenvalue weighted by Crippen LogP contribution is 2.32. The number of para-hydroxylation sites is 1. The van der Waals surface area contributed by atoms with Crippen molar-refractivity contribution in [3.8, 4) is 22.8 Å². The zero-order valence-corrected chi connectivity index (χ0v) is 18.1. The van der Waals surface area contributed by atoms with Crippen LogP contribution in [0.5, 0.6) is 5.75 Å². The number of carbonyl (C=O) groups excluding carboxylic acids is 1. The van der Waals surface area contributed by atoms with Gasteiger partial charge >= 0.3 is 0 Å². The average Bonchev–Trinajstić information content (AvgIpc) is 3.34. The number of benzene rings is 1. The summed E-state index contributed by atoms with van der Waals surface area (Å²) in [6, 6.07) is 12.9. The molecule has 0 bridgehead atoms.